The van der Waals surface area contributed by atoms with Crippen LogP contribution in [-0.2, 0) is 0 Å². The maximum absolute atomic E-state index is 6.05. The van der Waals surface area contributed by atoms with E-state index >= 15 is 0 Å². The van der Waals surface area contributed by atoms with Gasteiger partial charge in [0.1, 0.15) is 0 Å². The standard InChI is InChI=1S/C16H17Cl2N/c1-10-4-6-14(8-11(10)2)19-12(3)13-5-7-15(17)16(18)9-13/h4-9,12,19H,1-3H3. The number of halogens is 2. The molecule has 0 bridgehead atoms. The van der Waals surface area contributed by atoms with Gasteiger partial charge in [0.05, 0.1) is 10.0 Å². The summed E-state index contributed by atoms with van der Waals surface area (Å²) in [5, 5.41) is 4.65. The molecule has 0 fully saturated rings. The maximum Gasteiger partial charge on any atom is 0.0595 e. The van der Waals surface area contributed by atoms with E-state index in [0.717, 1.165) is 11.3 Å². The summed E-state index contributed by atoms with van der Waals surface area (Å²) in [6.07, 6.45) is 0. The first-order valence-electron chi connectivity index (χ1n) is 6.26. The van der Waals surface area contributed by atoms with E-state index in [0.29, 0.717) is 10.0 Å². The molecule has 2 aromatic rings. The Hall–Kier alpha value is -1.18. The van der Waals surface area contributed by atoms with E-state index < -0.39 is 0 Å². The van der Waals surface area contributed by atoms with Crippen LogP contribution in [0.15, 0.2) is 36.4 Å². The van der Waals surface area contributed by atoms with Gasteiger partial charge in [0.2, 0.25) is 0 Å². The number of rotatable bonds is 3. The average Bonchev–Trinajstić information content (AvgIpc) is 2.37. The fraction of sp³-hybridized carbons (Fsp3) is 0.250. The molecule has 1 atom stereocenters. The van der Waals surface area contributed by atoms with Crippen molar-refractivity contribution in [2.75, 3.05) is 5.32 Å². The van der Waals surface area contributed by atoms with Gasteiger partial charge in [0.25, 0.3) is 0 Å². The predicted octanol–water partition coefficient (Wildman–Crippen LogP) is 5.78. The third-order valence-corrected chi connectivity index (χ3v) is 4.07. The summed E-state index contributed by atoms with van der Waals surface area (Å²) in [4.78, 5) is 0. The largest absolute Gasteiger partial charge is 0.379 e. The van der Waals surface area contributed by atoms with E-state index in [9.17, 15) is 0 Å². The van der Waals surface area contributed by atoms with E-state index in [2.05, 4.69) is 44.3 Å². The molecule has 0 aliphatic rings. The van der Waals surface area contributed by atoms with E-state index in [4.69, 9.17) is 23.2 Å². The van der Waals surface area contributed by atoms with Crippen molar-refractivity contribution in [3.8, 4) is 0 Å². The highest BCUT2D eigenvalue weighted by atomic mass is 35.5. The van der Waals surface area contributed by atoms with Crippen LogP contribution in [0, 0.1) is 13.8 Å². The Morgan fingerprint density at radius 1 is 0.895 bits per heavy atom. The highest BCUT2D eigenvalue weighted by Crippen LogP contribution is 2.27. The van der Waals surface area contributed by atoms with Crippen molar-refractivity contribution >= 4 is 28.9 Å². The minimum absolute atomic E-state index is 0.178. The second-order valence-corrected chi connectivity index (χ2v) is 5.65. The number of hydrogen-bond acceptors (Lipinski definition) is 1. The molecule has 2 rings (SSSR count). The Morgan fingerprint density at radius 2 is 1.63 bits per heavy atom. The maximum atomic E-state index is 6.05. The van der Waals surface area contributed by atoms with Crippen molar-refractivity contribution in [3.63, 3.8) is 0 Å². The molecule has 100 valence electrons. The zero-order chi connectivity index (χ0) is 14.0. The minimum atomic E-state index is 0.178. The van der Waals surface area contributed by atoms with Crippen molar-refractivity contribution < 1.29 is 0 Å². The lowest BCUT2D eigenvalue weighted by Crippen LogP contribution is -2.06. The van der Waals surface area contributed by atoms with Gasteiger partial charge in [-0.1, -0.05) is 35.3 Å². The number of benzene rings is 2. The quantitative estimate of drug-likeness (QED) is 0.756. The summed E-state index contributed by atoms with van der Waals surface area (Å²) in [6.45, 7) is 6.33. The summed E-state index contributed by atoms with van der Waals surface area (Å²) in [6, 6.07) is 12.3. The Morgan fingerprint density at radius 3 is 2.26 bits per heavy atom. The Kier molecular flexibility index (Phi) is 4.38. The molecule has 0 aliphatic carbocycles. The zero-order valence-electron chi connectivity index (χ0n) is 11.3. The second-order valence-electron chi connectivity index (χ2n) is 4.84. The molecule has 1 unspecified atom stereocenters. The van der Waals surface area contributed by atoms with E-state index in [-0.39, 0.29) is 6.04 Å². The van der Waals surface area contributed by atoms with Crippen molar-refractivity contribution in [2.24, 2.45) is 0 Å². The van der Waals surface area contributed by atoms with E-state index in [1.54, 1.807) is 0 Å². The predicted molar refractivity (Wildman–Crippen MR) is 84.4 cm³/mol. The van der Waals surface area contributed by atoms with Crippen LogP contribution < -0.4 is 5.32 Å². The molecule has 0 aromatic heterocycles. The number of aryl methyl sites for hydroxylation is 2. The minimum Gasteiger partial charge on any atom is -0.379 e. The second kappa shape index (κ2) is 5.85. The van der Waals surface area contributed by atoms with Crippen LogP contribution in [0.4, 0.5) is 5.69 Å². The number of nitrogens with one attached hydrogen (secondary N) is 1. The Balaban J connectivity index is 2.17. The van der Waals surface area contributed by atoms with Gasteiger partial charge in [0.15, 0.2) is 0 Å². The molecular weight excluding hydrogens is 277 g/mol. The first-order valence-corrected chi connectivity index (χ1v) is 7.01. The summed E-state index contributed by atoms with van der Waals surface area (Å²) in [7, 11) is 0. The molecule has 1 N–H and O–H groups in total. The highest BCUT2D eigenvalue weighted by Gasteiger charge is 2.08. The lowest BCUT2D eigenvalue weighted by atomic mass is 10.1. The van der Waals surface area contributed by atoms with Gasteiger partial charge in [-0.15, -0.1) is 0 Å². The molecule has 0 saturated carbocycles. The third kappa shape index (κ3) is 3.43. The number of anilines is 1. The lowest BCUT2D eigenvalue weighted by molar-refractivity contribution is 0.884. The zero-order valence-corrected chi connectivity index (χ0v) is 12.8. The van der Waals surface area contributed by atoms with Crippen LogP contribution in [0.2, 0.25) is 10.0 Å². The normalized spacial score (nSPS) is 12.3. The third-order valence-electron chi connectivity index (χ3n) is 3.33. The Bertz CT molecular complexity index is 593. The van der Waals surface area contributed by atoms with Crippen molar-refractivity contribution in [1.82, 2.24) is 0 Å². The smallest absolute Gasteiger partial charge is 0.0595 e. The van der Waals surface area contributed by atoms with Gasteiger partial charge in [-0.2, -0.15) is 0 Å². The van der Waals surface area contributed by atoms with Crippen LogP contribution >= 0.6 is 23.2 Å². The lowest BCUT2D eigenvalue weighted by Gasteiger charge is -2.17. The summed E-state index contributed by atoms with van der Waals surface area (Å²) >= 11 is 12.0. The summed E-state index contributed by atoms with van der Waals surface area (Å²) in [5.74, 6) is 0. The highest BCUT2D eigenvalue weighted by molar-refractivity contribution is 6.42. The molecule has 3 heteroatoms. The molecule has 0 saturated heterocycles. The van der Waals surface area contributed by atoms with Gasteiger partial charge in [-0.3, -0.25) is 0 Å². The van der Waals surface area contributed by atoms with E-state index in [1.807, 2.05) is 18.2 Å². The molecule has 1 nitrogen and oxygen atoms in total. The fourth-order valence-corrected chi connectivity index (χ4v) is 2.25. The van der Waals surface area contributed by atoms with Gasteiger partial charge < -0.3 is 5.32 Å². The first kappa shape index (κ1) is 14.2. The van der Waals surface area contributed by atoms with Crippen LogP contribution in [-0.4, -0.2) is 0 Å². The van der Waals surface area contributed by atoms with Gasteiger partial charge in [0, 0.05) is 11.7 Å². The molecule has 0 radical (unpaired) electrons. The molecule has 0 aliphatic heterocycles. The molecule has 19 heavy (non-hydrogen) atoms. The van der Waals surface area contributed by atoms with Crippen molar-refractivity contribution in [2.45, 2.75) is 26.8 Å². The number of hydrogen-bond donors (Lipinski definition) is 1. The van der Waals surface area contributed by atoms with Crippen LogP contribution in [0.1, 0.15) is 29.7 Å². The Labute approximate surface area is 124 Å². The summed E-state index contributed by atoms with van der Waals surface area (Å²) < 4.78 is 0. The fourth-order valence-electron chi connectivity index (χ4n) is 1.95. The van der Waals surface area contributed by atoms with Gasteiger partial charge in [-0.05, 0) is 61.7 Å². The average molecular weight is 294 g/mol. The molecule has 0 amide bonds. The monoisotopic (exact) mass is 293 g/mol. The molecule has 2 aromatic carbocycles. The molecule has 0 spiro atoms. The van der Waals surface area contributed by atoms with Crippen LogP contribution in [0.3, 0.4) is 0 Å². The molecular formula is C16H17Cl2N. The van der Waals surface area contributed by atoms with Gasteiger partial charge >= 0.3 is 0 Å². The SMILES string of the molecule is Cc1ccc(NC(C)c2ccc(Cl)c(Cl)c2)cc1C. The van der Waals surface area contributed by atoms with Crippen LogP contribution in [0.5, 0.6) is 0 Å². The van der Waals surface area contributed by atoms with E-state index in [1.165, 1.54) is 11.1 Å². The van der Waals surface area contributed by atoms with Crippen molar-refractivity contribution in [1.29, 1.82) is 0 Å². The topological polar surface area (TPSA) is 12.0 Å². The first-order chi connectivity index (χ1) is 8.97. The van der Waals surface area contributed by atoms with Crippen molar-refractivity contribution in [3.05, 3.63) is 63.1 Å². The molecule has 0 heterocycles. The summed E-state index contributed by atoms with van der Waals surface area (Å²) in [5.41, 5.74) is 4.81. The van der Waals surface area contributed by atoms with Gasteiger partial charge in [-0.25, -0.2) is 0 Å². The van der Waals surface area contributed by atoms with Crippen LogP contribution in [0.25, 0.3) is 0 Å².